The van der Waals surface area contributed by atoms with Crippen molar-refractivity contribution in [3.05, 3.63) is 29.8 Å². The van der Waals surface area contributed by atoms with Gasteiger partial charge in [0.2, 0.25) is 15.9 Å². The Morgan fingerprint density at radius 3 is 2.08 bits per heavy atom. The lowest BCUT2D eigenvalue weighted by molar-refractivity contribution is -0.137. The quantitative estimate of drug-likeness (QED) is 0.799. The van der Waals surface area contributed by atoms with Crippen LogP contribution in [0.25, 0.3) is 0 Å². The number of rotatable bonds is 4. The van der Waals surface area contributed by atoms with E-state index < -0.39 is 10.0 Å². The first-order chi connectivity index (χ1) is 12.4. The van der Waals surface area contributed by atoms with Gasteiger partial charge in [-0.1, -0.05) is 17.7 Å². The number of piperazine rings is 1. The SMILES string of the molecule is Cc1ccc(S(=O)(=O)N2CCN(C(C)C(=O)N3CCCCC3)CC2)cc1. The molecule has 0 N–H and O–H groups in total. The van der Waals surface area contributed by atoms with Gasteiger partial charge in [0, 0.05) is 39.3 Å². The highest BCUT2D eigenvalue weighted by Gasteiger charge is 2.33. The molecule has 0 aromatic heterocycles. The summed E-state index contributed by atoms with van der Waals surface area (Å²) in [6.07, 6.45) is 3.37. The van der Waals surface area contributed by atoms with Crippen LogP contribution in [0.5, 0.6) is 0 Å². The van der Waals surface area contributed by atoms with E-state index in [1.54, 1.807) is 12.1 Å². The molecule has 6 nitrogen and oxygen atoms in total. The number of piperidine rings is 1. The van der Waals surface area contributed by atoms with Gasteiger partial charge in [0.1, 0.15) is 0 Å². The molecule has 0 saturated carbocycles. The second-order valence-corrected chi connectivity index (χ2v) is 9.25. The zero-order chi connectivity index (χ0) is 18.7. The summed E-state index contributed by atoms with van der Waals surface area (Å²) in [6, 6.07) is 6.79. The van der Waals surface area contributed by atoms with Crippen molar-refractivity contribution in [1.82, 2.24) is 14.1 Å². The Morgan fingerprint density at radius 1 is 0.923 bits per heavy atom. The van der Waals surface area contributed by atoms with Gasteiger partial charge >= 0.3 is 0 Å². The van der Waals surface area contributed by atoms with Crippen LogP contribution < -0.4 is 0 Å². The van der Waals surface area contributed by atoms with Crippen molar-refractivity contribution in [2.45, 2.75) is 44.0 Å². The second-order valence-electron chi connectivity index (χ2n) is 7.32. The number of nitrogens with zero attached hydrogens (tertiary/aromatic N) is 3. The number of hydrogen-bond donors (Lipinski definition) is 0. The van der Waals surface area contributed by atoms with Crippen LogP contribution in [0.4, 0.5) is 0 Å². The number of hydrogen-bond acceptors (Lipinski definition) is 4. The van der Waals surface area contributed by atoms with E-state index in [9.17, 15) is 13.2 Å². The zero-order valence-corrected chi connectivity index (χ0v) is 16.5. The van der Waals surface area contributed by atoms with E-state index in [4.69, 9.17) is 0 Å². The van der Waals surface area contributed by atoms with E-state index in [0.29, 0.717) is 31.1 Å². The summed E-state index contributed by atoms with van der Waals surface area (Å²) in [5.74, 6) is 0.180. The molecule has 2 aliphatic rings. The Bertz CT molecular complexity index is 719. The highest BCUT2D eigenvalue weighted by atomic mass is 32.2. The van der Waals surface area contributed by atoms with Crippen LogP contribution in [0.2, 0.25) is 0 Å². The summed E-state index contributed by atoms with van der Waals surface area (Å²) in [7, 11) is -3.46. The van der Waals surface area contributed by atoms with E-state index in [0.717, 1.165) is 31.5 Å². The summed E-state index contributed by atoms with van der Waals surface area (Å²) < 4.78 is 27.1. The van der Waals surface area contributed by atoms with Gasteiger partial charge < -0.3 is 4.90 Å². The van der Waals surface area contributed by atoms with Gasteiger partial charge in [0.05, 0.1) is 10.9 Å². The maximum Gasteiger partial charge on any atom is 0.243 e. The number of carbonyl (C=O) groups is 1. The summed E-state index contributed by atoms with van der Waals surface area (Å²) in [4.78, 5) is 17.1. The van der Waals surface area contributed by atoms with E-state index in [2.05, 4.69) is 4.90 Å². The van der Waals surface area contributed by atoms with Crippen molar-refractivity contribution in [2.75, 3.05) is 39.3 Å². The largest absolute Gasteiger partial charge is 0.341 e. The molecule has 7 heteroatoms. The number of aryl methyl sites for hydroxylation is 1. The monoisotopic (exact) mass is 379 g/mol. The average molecular weight is 380 g/mol. The molecule has 0 bridgehead atoms. The Labute approximate surface area is 156 Å². The first-order valence-electron chi connectivity index (χ1n) is 9.49. The van der Waals surface area contributed by atoms with Crippen LogP contribution in [0.1, 0.15) is 31.7 Å². The third-order valence-electron chi connectivity index (χ3n) is 5.50. The lowest BCUT2D eigenvalue weighted by Gasteiger charge is -2.39. The molecule has 0 radical (unpaired) electrons. The van der Waals surface area contributed by atoms with Crippen LogP contribution in [0.3, 0.4) is 0 Å². The fourth-order valence-corrected chi connectivity index (χ4v) is 5.15. The van der Waals surface area contributed by atoms with Crippen LogP contribution in [0.15, 0.2) is 29.2 Å². The fraction of sp³-hybridized carbons (Fsp3) is 0.632. The second kappa shape index (κ2) is 8.06. The van der Waals surface area contributed by atoms with Crippen molar-refractivity contribution in [3.8, 4) is 0 Å². The van der Waals surface area contributed by atoms with Gasteiger partial charge in [-0.2, -0.15) is 4.31 Å². The van der Waals surface area contributed by atoms with Gasteiger partial charge in [-0.3, -0.25) is 9.69 Å². The normalized spacial score (nSPS) is 21.5. The molecule has 0 aliphatic carbocycles. The van der Waals surface area contributed by atoms with Crippen molar-refractivity contribution < 1.29 is 13.2 Å². The Kier molecular flexibility index (Phi) is 5.99. The van der Waals surface area contributed by atoms with Crippen LogP contribution >= 0.6 is 0 Å². The predicted molar refractivity (Wildman–Crippen MR) is 101 cm³/mol. The minimum Gasteiger partial charge on any atom is -0.341 e. The summed E-state index contributed by atoms with van der Waals surface area (Å²) >= 11 is 0. The molecule has 1 aromatic rings. The number of sulfonamides is 1. The number of amides is 1. The van der Waals surface area contributed by atoms with Crippen LogP contribution in [0, 0.1) is 6.92 Å². The van der Waals surface area contributed by atoms with Crippen molar-refractivity contribution in [2.24, 2.45) is 0 Å². The lowest BCUT2D eigenvalue weighted by atomic mass is 10.1. The van der Waals surface area contributed by atoms with E-state index in [1.165, 1.54) is 10.7 Å². The van der Waals surface area contributed by atoms with Gasteiger partial charge in [-0.15, -0.1) is 0 Å². The first kappa shape index (κ1) is 19.3. The molecule has 2 heterocycles. The minimum atomic E-state index is -3.46. The molecule has 26 heavy (non-hydrogen) atoms. The van der Waals surface area contributed by atoms with E-state index in [1.807, 2.05) is 30.9 Å². The van der Waals surface area contributed by atoms with Crippen LogP contribution in [-0.2, 0) is 14.8 Å². The molecule has 1 amide bonds. The number of carbonyl (C=O) groups excluding carboxylic acids is 1. The molecule has 1 aromatic carbocycles. The molecule has 1 unspecified atom stereocenters. The van der Waals surface area contributed by atoms with Crippen molar-refractivity contribution in [3.63, 3.8) is 0 Å². The highest BCUT2D eigenvalue weighted by Crippen LogP contribution is 2.20. The first-order valence-corrected chi connectivity index (χ1v) is 10.9. The number of benzene rings is 1. The zero-order valence-electron chi connectivity index (χ0n) is 15.7. The van der Waals surface area contributed by atoms with Crippen molar-refractivity contribution in [1.29, 1.82) is 0 Å². The van der Waals surface area contributed by atoms with Gasteiger partial charge in [-0.05, 0) is 45.2 Å². The van der Waals surface area contributed by atoms with Crippen molar-refractivity contribution >= 4 is 15.9 Å². The molecule has 2 aliphatic heterocycles. The van der Waals surface area contributed by atoms with E-state index >= 15 is 0 Å². The lowest BCUT2D eigenvalue weighted by Crippen LogP contribution is -2.55. The summed E-state index contributed by atoms with van der Waals surface area (Å²) in [6.45, 7) is 7.62. The predicted octanol–water partition coefficient (Wildman–Crippen LogP) is 1.70. The Morgan fingerprint density at radius 2 is 1.50 bits per heavy atom. The Hall–Kier alpha value is -1.44. The fourth-order valence-electron chi connectivity index (χ4n) is 3.73. The van der Waals surface area contributed by atoms with Gasteiger partial charge in [-0.25, -0.2) is 8.42 Å². The molecular weight excluding hydrogens is 350 g/mol. The maximum absolute atomic E-state index is 12.8. The summed E-state index contributed by atoms with van der Waals surface area (Å²) in [5.41, 5.74) is 1.04. The molecule has 1 atom stereocenters. The molecule has 2 fully saturated rings. The Balaban J connectivity index is 1.59. The topological polar surface area (TPSA) is 60.9 Å². The smallest absolute Gasteiger partial charge is 0.243 e. The standard InChI is InChI=1S/C19H29N3O3S/c1-16-6-8-18(9-7-16)26(24,25)22-14-12-20(13-15-22)17(2)19(23)21-10-4-3-5-11-21/h6-9,17H,3-5,10-15H2,1-2H3. The number of likely N-dealkylation sites (tertiary alicyclic amines) is 1. The summed E-state index contributed by atoms with van der Waals surface area (Å²) in [5, 5.41) is 0. The highest BCUT2D eigenvalue weighted by molar-refractivity contribution is 7.89. The molecule has 0 spiro atoms. The maximum atomic E-state index is 12.8. The average Bonchev–Trinajstić information content (AvgIpc) is 2.68. The molecule has 2 saturated heterocycles. The molecule has 3 rings (SSSR count). The van der Waals surface area contributed by atoms with Crippen LogP contribution in [-0.4, -0.2) is 73.7 Å². The third-order valence-corrected chi connectivity index (χ3v) is 7.42. The van der Waals surface area contributed by atoms with E-state index in [-0.39, 0.29) is 11.9 Å². The van der Waals surface area contributed by atoms with Gasteiger partial charge in [0.25, 0.3) is 0 Å². The van der Waals surface area contributed by atoms with Gasteiger partial charge in [0.15, 0.2) is 0 Å². The third kappa shape index (κ3) is 4.10. The molecule has 144 valence electrons. The molecular formula is C19H29N3O3S. The minimum absolute atomic E-state index is 0.180.